The minimum Gasteiger partial charge on any atom is -0.465 e. The number of aromatic nitrogens is 2. The summed E-state index contributed by atoms with van der Waals surface area (Å²) in [5.41, 5.74) is 0. The van der Waals surface area contributed by atoms with Crippen LogP contribution in [0.15, 0.2) is 33.8 Å². The molecule has 0 aromatic carbocycles. The van der Waals surface area contributed by atoms with Gasteiger partial charge in [0, 0.05) is 25.7 Å². The summed E-state index contributed by atoms with van der Waals surface area (Å²) in [6, 6.07) is 3.70. The van der Waals surface area contributed by atoms with Crippen molar-refractivity contribution in [3.8, 4) is 0 Å². The quantitative estimate of drug-likeness (QED) is 0.761. The van der Waals surface area contributed by atoms with Crippen LogP contribution in [0.3, 0.4) is 0 Å². The molecule has 1 atom stereocenters. The van der Waals surface area contributed by atoms with E-state index in [0.717, 1.165) is 24.4 Å². The van der Waals surface area contributed by atoms with Crippen LogP contribution in [-0.4, -0.2) is 41.9 Å². The number of hydrogen-bond acceptors (Lipinski definition) is 5. The van der Waals surface area contributed by atoms with Crippen LogP contribution < -0.4 is 5.32 Å². The number of nitrogens with zero attached hydrogens (tertiary/aromatic N) is 2. The lowest BCUT2D eigenvalue weighted by molar-refractivity contribution is -0.121. The number of carbonyl (C=O) groups is 1. The molecule has 1 aliphatic heterocycles. The fraction of sp³-hybridized carbons (Fsp3) is 0.529. The van der Waals surface area contributed by atoms with Gasteiger partial charge in [-0.3, -0.25) is 9.89 Å². The molecule has 0 bridgehead atoms. The summed E-state index contributed by atoms with van der Waals surface area (Å²) in [6.07, 6.45) is 5.49. The van der Waals surface area contributed by atoms with Crippen molar-refractivity contribution in [1.29, 1.82) is 0 Å². The lowest BCUT2D eigenvalue weighted by Gasteiger charge is -2.31. The summed E-state index contributed by atoms with van der Waals surface area (Å²) in [6.45, 7) is 3.18. The Morgan fingerprint density at radius 2 is 2.31 bits per heavy atom. The van der Waals surface area contributed by atoms with E-state index in [9.17, 15) is 13.2 Å². The second kappa shape index (κ2) is 8.05. The molecule has 2 aromatic rings. The first kappa shape index (κ1) is 18.7. The van der Waals surface area contributed by atoms with E-state index in [1.54, 1.807) is 0 Å². The highest BCUT2D eigenvalue weighted by Gasteiger charge is 2.30. The third-order valence-electron chi connectivity index (χ3n) is 4.63. The number of rotatable bonds is 7. The smallest absolute Gasteiger partial charge is 0.246 e. The Balaban J connectivity index is 1.47. The van der Waals surface area contributed by atoms with Gasteiger partial charge in [-0.1, -0.05) is 0 Å². The van der Waals surface area contributed by atoms with E-state index < -0.39 is 10.0 Å². The zero-order chi connectivity index (χ0) is 18.6. The minimum absolute atomic E-state index is 0.0473. The predicted octanol–water partition coefficient (Wildman–Crippen LogP) is 1.81. The van der Waals surface area contributed by atoms with Crippen LogP contribution in [0.25, 0.3) is 0 Å². The average Bonchev–Trinajstić information content (AvgIpc) is 3.30. The Kier molecular flexibility index (Phi) is 5.77. The first-order valence-electron chi connectivity index (χ1n) is 8.76. The second-order valence-electron chi connectivity index (χ2n) is 6.63. The molecule has 26 heavy (non-hydrogen) atoms. The largest absolute Gasteiger partial charge is 0.465 e. The maximum atomic E-state index is 12.6. The van der Waals surface area contributed by atoms with E-state index in [0.29, 0.717) is 32.5 Å². The van der Waals surface area contributed by atoms with Crippen molar-refractivity contribution in [1.82, 2.24) is 19.8 Å². The van der Waals surface area contributed by atoms with Crippen LogP contribution in [0, 0.1) is 12.8 Å². The fourth-order valence-electron chi connectivity index (χ4n) is 3.20. The Labute approximate surface area is 153 Å². The summed E-state index contributed by atoms with van der Waals surface area (Å²) in [5.74, 6) is 1.68. The van der Waals surface area contributed by atoms with Crippen LogP contribution in [0.4, 0.5) is 0 Å². The number of sulfonamides is 1. The molecule has 1 amide bonds. The number of aromatic amines is 1. The Hall–Kier alpha value is -2.13. The average molecular weight is 380 g/mol. The maximum absolute atomic E-state index is 12.6. The first-order chi connectivity index (χ1) is 12.4. The number of amides is 1. The van der Waals surface area contributed by atoms with Crippen LogP contribution >= 0.6 is 0 Å². The summed E-state index contributed by atoms with van der Waals surface area (Å²) in [5, 5.41) is 9.09. The first-order valence-corrected chi connectivity index (χ1v) is 10.2. The van der Waals surface area contributed by atoms with Crippen molar-refractivity contribution in [2.24, 2.45) is 5.92 Å². The molecule has 0 spiro atoms. The van der Waals surface area contributed by atoms with Crippen LogP contribution in [0.2, 0.25) is 0 Å². The normalized spacial score (nSPS) is 18.7. The predicted molar refractivity (Wildman–Crippen MR) is 94.6 cm³/mol. The van der Waals surface area contributed by atoms with Crippen molar-refractivity contribution in [3.63, 3.8) is 0 Å². The topological polar surface area (TPSA) is 108 Å². The Bertz CT molecular complexity index is 829. The van der Waals surface area contributed by atoms with Crippen molar-refractivity contribution >= 4 is 15.9 Å². The highest BCUT2D eigenvalue weighted by atomic mass is 32.2. The van der Waals surface area contributed by atoms with Crippen molar-refractivity contribution in [2.75, 3.05) is 13.1 Å². The lowest BCUT2D eigenvalue weighted by atomic mass is 9.94. The van der Waals surface area contributed by atoms with Gasteiger partial charge >= 0.3 is 0 Å². The van der Waals surface area contributed by atoms with E-state index in [-0.39, 0.29) is 16.7 Å². The molecule has 2 aromatic heterocycles. The van der Waals surface area contributed by atoms with Crippen LogP contribution in [0.5, 0.6) is 0 Å². The summed E-state index contributed by atoms with van der Waals surface area (Å²) in [4.78, 5) is 12.2. The van der Waals surface area contributed by atoms with E-state index in [1.807, 2.05) is 19.1 Å². The summed E-state index contributed by atoms with van der Waals surface area (Å²) in [7, 11) is -3.51. The molecular weight excluding hydrogens is 356 g/mol. The van der Waals surface area contributed by atoms with E-state index in [4.69, 9.17) is 4.42 Å². The highest BCUT2D eigenvalue weighted by molar-refractivity contribution is 7.89. The molecule has 1 aliphatic rings. The van der Waals surface area contributed by atoms with Gasteiger partial charge in [-0.25, -0.2) is 8.42 Å². The molecule has 2 N–H and O–H groups in total. The van der Waals surface area contributed by atoms with Crippen molar-refractivity contribution in [3.05, 3.63) is 36.0 Å². The van der Waals surface area contributed by atoms with Crippen LogP contribution in [0.1, 0.15) is 37.2 Å². The van der Waals surface area contributed by atoms with E-state index in [1.165, 1.54) is 16.7 Å². The number of aryl methyl sites for hydroxylation is 1. The second-order valence-corrected chi connectivity index (χ2v) is 8.57. The van der Waals surface area contributed by atoms with Gasteiger partial charge in [0.15, 0.2) is 0 Å². The summed E-state index contributed by atoms with van der Waals surface area (Å²) >= 11 is 0. The van der Waals surface area contributed by atoms with Gasteiger partial charge in [-0.2, -0.15) is 9.40 Å². The molecule has 142 valence electrons. The van der Waals surface area contributed by atoms with Gasteiger partial charge in [-0.05, 0) is 44.2 Å². The van der Waals surface area contributed by atoms with Gasteiger partial charge in [0.1, 0.15) is 16.4 Å². The SMILES string of the molecule is Cc1ccc(CNC(=O)CCC2CCCN(S(=O)(=O)c3cn[nH]c3)C2)o1. The van der Waals surface area contributed by atoms with Gasteiger partial charge in [0.2, 0.25) is 15.9 Å². The fourth-order valence-corrected chi connectivity index (χ4v) is 4.66. The van der Waals surface area contributed by atoms with Crippen molar-refractivity contribution in [2.45, 2.75) is 44.0 Å². The van der Waals surface area contributed by atoms with Crippen LogP contribution in [-0.2, 0) is 21.4 Å². The minimum atomic E-state index is -3.51. The molecule has 3 rings (SSSR count). The number of piperidine rings is 1. The standard InChI is InChI=1S/C17H24N4O4S/c1-13-4-6-15(25-13)9-18-17(22)7-5-14-3-2-8-21(12-14)26(23,24)16-10-19-20-11-16/h4,6,10-11,14H,2-3,5,7-9,12H2,1H3,(H,18,22)(H,19,20). The number of H-pyrrole nitrogens is 1. The van der Waals surface area contributed by atoms with Gasteiger partial charge in [0.25, 0.3) is 0 Å². The van der Waals surface area contributed by atoms with E-state index in [2.05, 4.69) is 15.5 Å². The monoisotopic (exact) mass is 380 g/mol. The molecule has 0 radical (unpaired) electrons. The summed E-state index contributed by atoms with van der Waals surface area (Å²) < 4.78 is 32.1. The Morgan fingerprint density at radius 3 is 3.00 bits per heavy atom. The highest BCUT2D eigenvalue weighted by Crippen LogP contribution is 2.25. The van der Waals surface area contributed by atoms with Crippen molar-refractivity contribution < 1.29 is 17.6 Å². The molecule has 1 unspecified atom stereocenters. The molecule has 1 saturated heterocycles. The molecule has 1 fully saturated rings. The third-order valence-corrected chi connectivity index (χ3v) is 6.46. The van der Waals surface area contributed by atoms with Gasteiger partial charge in [0.05, 0.1) is 12.7 Å². The molecule has 0 saturated carbocycles. The lowest BCUT2D eigenvalue weighted by Crippen LogP contribution is -2.40. The number of furan rings is 1. The number of hydrogen-bond donors (Lipinski definition) is 2. The zero-order valence-corrected chi connectivity index (χ0v) is 15.6. The van der Waals surface area contributed by atoms with Gasteiger partial charge in [-0.15, -0.1) is 0 Å². The molecule has 8 nitrogen and oxygen atoms in total. The molecule has 9 heteroatoms. The zero-order valence-electron chi connectivity index (χ0n) is 14.8. The molecular formula is C17H24N4O4S. The molecule has 0 aliphatic carbocycles. The molecule has 3 heterocycles. The van der Waals surface area contributed by atoms with Gasteiger partial charge < -0.3 is 9.73 Å². The third kappa shape index (κ3) is 4.53. The number of nitrogens with one attached hydrogen (secondary N) is 2. The van der Waals surface area contributed by atoms with E-state index >= 15 is 0 Å². The number of carbonyl (C=O) groups excluding carboxylic acids is 1. The maximum Gasteiger partial charge on any atom is 0.246 e. The Morgan fingerprint density at radius 1 is 1.46 bits per heavy atom.